The molecule has 1 aromatic heterocycles. The molecule has 2 saturated carbocycles. The van der Waals surface area contributed by atoms with Crippen LogP contribution >= 0.6 is 11.3 Å². The van der Waals surface area contributed by atoms with E-state index in [1.807, 2.05) is 0 Å². The first-order chi connectivity index (χ1) is 10.1. The predicted molar refractivity (Wildman–Crippen MR) is 82.3 cm³/mol. The zero-order valence-corrected chi connectivity index (χ0v) is 13.0. The lowest BCUT2D eigenvalue weighted by Gasteiger charge is -2.38. The van der Waals surface area contributed by atoms with E-state index in [0.29, 0.717) is 38.3 Å². The van der Waals surface area contributed by atoms with E-state index in [2.05, 4.69) is 21.7 Å². The maximum Gasteiger partial charge on any atom is 0.306 e. The van der Waals surface area contributed by atoms with Gasteiger partial charge in [0.1, 0.15) is 0 Å². The van der Waals surface area contributed by atoms with Crippen molar-refractivity contribution >= 4 is 17.3 Å². The second kappa shape index (κ2) is 6.07. The summed E-state index contributed by atoms with van der Waals surface area (Å²) in [4.78, 5) is 13.4. The molecule has 0 spiro atoms. The summed E-state index contributed by atoms with van der Waals surface area (Å²) in [5, 5.41) is 24.1. The van der Waals surface area contributed by atoms with Crippen LogP contribution in [0.25, 0.3) is 0 Å². The molecular weight excluding hydrogens is 286 g/mol. The van der Waals surface area contributed by atoms with E-state index < -0.39 is 11.6 Å². The van der Waals surface area contributed by atoms with Gasteiger partial charge in [-0.15, -0.1) is 0 Å². The van der Waals surface area contributed by atoms with Gasteiger partial charge in [-0.25, -0.2) is 0 Å². The Bertz CT molecular complexity index is 476. The van der Waals surface area contributed by atoms with Crippen LogP contribution in [0.2, 0.25) is 0 Å². The van der Waals surface area contributed by atoms with Crippen molar-refractivity contribution in [3.05, 3.63) is 22.4 Å². The first kappa shape index (κ1) is 15.0. The van der Waals surface area contributed by atoms with Crippen LogP contribution < -0.4 is 0 Å². The van der Waals surface area contributed by atoms with Crippen LogP contribution in [0.3, 0.4) is 0 Å². The summed E-state index contributed by atoms with van der Waals surface area (Å²) < 4.78 is 0. The van der Waals surface area contributed by atoms with Crippen LogP contribution in [-0.4, -0.2) is 39.3 Å². The third kappa shape index (κ3) is 3.84. The topological polar surface area (TPSA) is 60.8 Å². The predicted octanol–water partition coefficient (Wildman–Crippen LogP) is 2.72. The largest absolute Gasteiger partial charge is 0.481 e. The Labute approximate surface area is 129 Å². The van der Waals surface area contributed by atoms with Crippen LogP contribution in [0.4, 0.5) is 0 Å². The van der Waals surface area contributed by atoms with Crippen molar-refractivity contribution in [2.24, 2.45) is 5.92 Å². The highest BCUT2D eigenvalue weighted by molar-refractivity contribution is 7.07. The summed E-state index contributed by atoms with van der Waals surface area (Å²) in [6.45, 7) is 1.58. The molecule has 116 valence electrons. The van der Waals surface area contributed by atoms with Crippen molar-refractivity contribution < 1.29 is 15.0 Å². The van der Waals surface area contributed by atoms with Crippen molar-refractivity contribution in [1.82, 2.24) is 4.90 Å². The molecule has 1 heterocycles. The number of aliphatic hydroxyl groups is 1. The van der Waals surface area contributed by atoms with Crippen molar-refractivity contribution in [2.75, 3.05) is 6.54 Å². The zero-order valence-electron chi connectivity index (χ0n) is 12.2. The van der Waals surface area contributed by atoms with Gasteiger partial charge in [-0.05, 0) is 60.9 Å². The van der Waals surface area contributed by atoms with Gasteiger partial charge in [0.15, 0.2) is 0 Å². The summed E-state index contributed by atoms with van der Waals surface area (Å²) in [6, 6.07) is 2.75. The van der Waals surface area contributed by atoms with Crippen LogP contribution in [0.1, 0.15) is 44.1 Å². The van der Waals surface area contributed by atoms with Crippen LogP contribution in [0, 0.1) is 5.92 Å². The number of thiophene rings is 1. The van der Waals surface area contributed by atoms with Gasteiger partial charge in [0.05, 0.1) is 11.5 Å². The number of hydrogen-bond donors (Lipinski definition) is 2. The number of hydrogen-bond acceptors (Lipinski definition) is 4. The fraction of sp³-hybridized carbons (Fsp3) is 0.688. The van der Waals surface area contributed by atoms with Crippen LogP contribution in [-0.2, 0) is 11.3 Å². The highest BCUT2D eigenvalue weighted by atomic mass is 32.1. The van der Waals surface area contributed by atoms with Crippen LogP contribution in [0.15, 0.2) is 16.8 Å². The molecule has 0 aliphatic heterocycles. The normalized spacial score (nSPS) is 29.7. The molecule has 0 radical (unpaired) electrons. The molecule has 5 heteroatoms. The molecule has 2 N–H and O–H groups in total. The standard InChI is InChI=1S/C16H23NO3S/c18-15(19)13-3-6-16(20,7-4-13)11-17(14-1-2-14)9-12-5-8-21-10-12/h5,8,10,13-14,20H,1-4,6-7,9,11H2,(H,18,19). The van der Waals surface area contributed by atoms with Gasteiger partial charge in [-0.3, -0.25) is 9.69 Å². The maximum atomic E-state index is 11.0. The number of rotatable bonds is 6. The lowest BCUT2D eigenvalue weighted by molar-refractivity contribution is -0.145. The molecule has 0 amide bonds. The second-order valence-corrected chi connectivity index (χ2v) is 7.38. The van der Waals surface area contributed by atoms with Gasteiger partial charge in [-0.1, -0.05) is 0 Å². The molecular formula is C16H23NO3S. The number of aliphatic carboxylic acids is 1. The first-order valence-corrected chi connectivity index (χ1v) is 8.70. The highest BCUT2D eigenvalue weighted by Gasteiger charge is 2.40. The van der Waals surface area contributed by atoms with Gasteiger partial charge in [0.2, 0.25) is 0 Å². The first-order valence-electron chi connectivity index (χ1n) is 7.76. The molecule has 0 saturated heterocycles. The average molecular weight is 309 g/mol. The number of nitrogens with zero attached hydrogens (tertiary/aromatic N) is 1. The van der Waals surface area contributed by atoms with Gasteiger partial charge < -0.3 is 10.2 Å². The van der Waals surface area contributed by atoms with Gasteiger partial charge in [-0.2, -0.15) is 11.3 Å². The Morgan fingerprint density at radius 3 is 2.57 bits per heavy atom. The summed E-state index contributed by atoms with van der Waals surface area (Å²) in [7, 11) is 0. The fourth-order valence-corrected chi connectivity index (χ4v) is 3.97. The minimum atomic E-state index is -0.714. The van der Waals surface area contributed by atoms with Crippen molar-refractivity contribution in [3.8, 4) is 0 Å². The summed E-state index contributed by atoms with van der Waals surface area (Å²) in [5.74, 6) is -0.981. The fourth-order valence-electron chi connectivity index (χ4n) is 3.31. The third-order valence-corrected chi connectivity index (χ3v) is 5.52. The lowest BCUT2D eigenvalue weighted by Crippen LogP contribution is -2.46. The minimum Gasteiger partial charge on any atom is -0.481 e. The Morgan fingerprint density at radius 1 is 1.33 bits per heavy atom. The highest BCUT2D eigenvalue weighted by Crippen LogP contribution is 2.36. The van der Waals surface area contributed by atoms with Gasteiger partial charge in [0.25, 0.3) is 0 Å². The van der Waals surface area contributed by atoms with Gasteiger partial charge in [0, 0.05) is 19.1 Å². The van der Waals surface area contributed by atoms with Crippen LogP contribution in [0.5, 0.6) is 0 Å². The number of carboxylic acid groups (broad SMARTS) is 1. The van der Waals surface area contributed by atoms with E-state index in [1.54, 1.807) is 11.3 Å². The molecule has 4 nitrogen and oxygen atoms in total. The minimum absolute atomic E-state index is 0.267. The number of carbonyl (C=O) groups is 1. The molecule has 0 aromatic carbocycles. The molecule has 3 rings (SSSR count). The summed E-state index contributed by atoms with van der Waals surface area (Å²) >= 11 is 1.71. The maximum absolute atomic E-state index is 11.0. The number of carboxylic acids is 1. The lowest BCUT2D eigenvalue weighted by atomic mass is 9.78. The van der Waals surface area contributed by atoms with Crippen molar-refractivity contribution in [1.29, 1.82) is 0 Å². The summed E-state index contributed by atoms with van der Waals surface area (Å²) in [6.07, 6.45) is 4.86. The zero-order chi connectivity index (χ0) is 14.9. The molecule has 2 fully saturated rings. The Balaban J connectivity index is 1.59. The van der Waals surface area contributed by atoms with E-state index in [4.69, 9.17) is 5.11 Å². The third-order valence-electron chi connectivity index (χ3n) is 4.79. The van der Waals surface area contributed by atoms with Crippen molar-refractivity contribution in [3.63, 3.8) is 0 Å². The molecule has 21 heavy (non-hydrogen) atoms. The molecule has 0 atom stereocenters. The Morgan fingerprint density at radius 2 is 2.05 bits per heavy atom. The second-order valence-electron chi connectivity index (χ2n) is 6.60. The quantitative estimate of drug-likeness (QED) is 0.848. The SMILES string of the molecule is O=C(O)C1CCC(O)(CN(Cc2ccsc2)C2CC2)CC1. The molecule has 0 bridgehead atoms. The molecule has 2 aliphatic rings. The van der Waals surface area contributed by atoms with E-state index in [0.717, 1.165) is 6.54 Å². The van der Waals surface area contributed by atoms with Gasteiger partial charge >= 0.3 is 5.97 Å². The molecule has 0 unspecified atom stereocenters. The smallest absolute Gasteiger partial charge is 0.306 e. The van der Waals surface area contributed by atoms with E-state index in [9.17, 15) is 9.90 Å². The Kier molecular flexibility index (Phi) is 4.33. The molecule has 1 aromatic rings. The molecule has 2 aliphatic carbocycles. The van der Waals surface area contributed by atoms with E-state index >= 15 is 0 Å². The van der Waals surface area contributed by atoms with E-state index in [1.165, 1.54) is 18.4 Å². The van der Waals surface area contributed by atoms with Crippen molar-refractivity contribution in [2.45, 2.75) is 56.7 Å². The monoisotopic (exact) mass is 309 g/mol. The summed E-state index contributed by atoms with van der Waals surface area (Å²) in [5.41, 5.74) is 0.611. The Hall–Kier alpha value is -0.910. The van der Waals surface area contributed by atoms with E-state index in [-0.39, 0.29) is 5.92 Å². The average Bonchev–Trinajstić information content (AvgIpc) is 3.17.